The number of amides is 1. The number of furan rings is 1. The molecule has 1 aliphatic rings. The average Bonchev–Trinajstić information content (AvgIpc) is 2.76. The Morgan fingerprint density at radius 1 is 1.56 bits per heavy atom. The van der Waals surface area contributed by atoms with Gasteiger partial charge in [-0.25, -0.2) is 0 Å². The van der Waals surface area contributed by atoms with Crippen molar-refractivity contribution in [3.8, 4) is 0 Å². The van der Waals surface area contributed by atoms with Gasteiger partial charge in [0, 0.05) is 13.1 Å². The molecule has 5 nitrogen and oxygen atoms in total. The van der Waals surface area contributed by atoms with Crippen LogP contribution in [0.25, 0.3) is 0 Å². The van der Waals surface area contributed by atoms with E-state index in [9.17, 15) is 4.79 Å². The predicted molar refractivity (Wildman–Crippen MR) is 69.2 cm³/mol. The van der Waals surface area contributed by atoms with E-state index in [0.717, 1.165) is 38.4 Å². The van der Waals surface area contributed by atoms with Crippen LogP contribution >= 0.6 is 0 Å². The highest BCUT2D eigenvalue weighted by molar-refractivity contribution is 5.78. The molecule has 2 N–H and O–H groups in total. The molecule has 5 heteroatoms. The molecule has 1 aliphatic heterocycles. The van der Waals surface area contributed by atoms with Crippen LogP contribution in [0.4, 0.5) is 0 Å². The maximum absolute atomic E-state index is 11.9. The smallest absolute Gasteiger partial charge is 0.234 e. The molecule has 0 radical (unpaired) electrons. The zero-order valence-electron chi connectivity index (χ0n) is 10.8. The lowest BCUT2D eigenvalue weighted by Crippen LogP contribution is -2.39. The van der Waals surface area contributed by atoms with Gasteiger partial charge in [-0.1, -0.05) is 0 Å². The van der Waals surface area contributed by atoms with E-state index in [1.165, 1.54) is 0 Å². The summed E-state index contributed by atoms with van der Waals surface area (Å²) in [7, 11) is 0. The van der Waals surface area contributed by atoms with Gasteiger partial charge in [0.05, 0.1) is 18.8 Å². The van der Waals surface area contributed by atoms with Crippen LogP contribution in [0.2, 0.25) is 0 Å². The Balaban J connectivity index is 1.77. The molecule has 2 rings (SSSR count). The lowest BCUT2D eigenvalue weighted by atomic mass is 10.2. The first-order valence-corrected chi connectivity index (χ1v) is 6.51. The number of nitrogens with one attached hydrogen (secondary N) is 2. The van der Waals surface area contributed by atoms with Crippen LogP contribution < -0.4 is 10.6 Å². The molecule has 1 aromatic heterocycles. The monoisotopic (exact) mass is 251 g/mol. The predicted octanol–water partition coefficient (Wildman–Crippen LogP) is 0.752. The Morgan fingerprint density at radius 3 is 3.22 bits per heavy atom. The minimum absolute atomic E-state index is 0.0563. The fourth-order valence-electron chi connectivity index (χ4n) is 2.16. The number of carbonyl (C=O) groups is 1. The first kappa shape index (κ1) is 13.1. The van der Waals surface area contributed by atoms with E-state index in [0.29, 0.717) is 6.54 Å². The van der Waals surface area contributed by atoms with E-state index in [2.05, 4.69) is 15.5 Å². The van der Waals surface area contributed by atoms with E-state index in [-0.39, 0.29) is 11.9 Å². The van der Waals surface area contributed by atoms with Crippen molar-refractivity contribution in [2.45, 2.75) is 19.4 Å². The molecule has 1 amide bonds. The molecule has 1 atom stereocenters. The Morgan fingerprint density at radius 2 is 2.44 bits per heavy atom. The number of carbonyl (C=O) groups excluding carboxylic acids is 1. The van der Waals surface area contributed by atoms with Gasteiger partial charge in [-0.15, -0.1) is 0 Å². The van der Waals surface area contributed by atoms with Gasteiger partial charge < -0.3 is 15.1 Å². The van der Waals surface area contributed by atoms with Crippen LogP contribution in [0.5, 0.6) is 0 Å². The summed E-state index contributed by atoms with van der Waals surface area (Å²) in [6, 6.07) is 3.64. The minimum Gasteiger partial charge on any atom is -0.467 e. The van der Waals surface area contributed by atoms with Gasteiger partial charge in [0.25, 0.3) is 0 Å². The van der Waals surface area contributed by atoms with E-state index in [1.54, 1.807) is 6.26 Å². The van der Waals surface area contributed by atoms with Gasteiger partial charge in [0.1, 0.15) is 5.76 Å². The average molecular weight is 251 g/mol. The van der Waals surface area contributed by atoms with Crippen molar-refractivity contribution in [1.29, 1.82) is 0 Å². The molecular formula is C13H21N3O2. The van der Waals surface area contributed by atoms with Crippen LogP contribution in [-0.4, -0.2) is 43.5 Å². The summed E-state index contributed by atoms with van der Waals surface area (Å²) in [4.78, 5) is 14.1. The third kappa shape index (κ3) is 3.85. The van der Waals surface area contributed by atoms with Crippen LogP contribution in [-0.2, 0) is 4.79 Å². The van der Waals surface area contributed by atoms with Gasteiger partial charge in [0.15, 0.2) is 0 Å². The zero-order chi connectivity index (χ0) is 12.8. The Bertz CT molecular complexity index is 356. The first-order valence-electron chi connectivity index (χ1n) is 6.51. The third-order valence-corrected chi connectivity index (χ3v) is 3.15. The highest BCUT2D eigenvalue weighted by Crippen LogP contribution is 2.11. The summed E-state index contributed by atoms with van der Waals surface area (Å²) in [5, 5.41) is 6.28. The van der Waals surface area contributed by atoms with Gasteiger partial charge in [0.2, 0.25) is 5.91 Å². The van der Waals surface area contributed by atoms with Crippen LogP contribution in [0.3, 0.4) is 0 Å². The molecule has 1 saturated heterocycles. The van der Waals surface area contributed by atoms with Crippen LogP contribution in [0, 0.1) is 0 Å². The molecule has 1 aromatic rings. The fraction of sp³-hybridized carbons (Fsp3) is 0.615. The topological polar surface area (TPSA) is 57.5 Å². The van der Waals surface area contributed by atoms with Gasteiger partial charge >= 0.3 is 0 Å². The van der Waals surface area contributed by atoms with Crippen LogP contribution in [0.15, 0.2) is 22.8 Å². The molecule has 0 saturated carbocycles. The van der Waals surface area contributed by atoms with Gasteiger partial charge in [-0.2, -0.15) is 0 Å². The van der Waals surface area contributed by atoms with E-state index in [4.69, 9.17) is 4.42 Å². The molecule has 0 spiro atoms. The molecule has 1 fully saturated rings. The molecule has 18 heavy (non-hydrogen) atoms. The highest BCUT2D eigenvalue weighted by atomic mass is 16.3. The number of hydrogen-bond acceptors (Lipinski definition) is 4. The molecule has 1 unspecified atom stereocenters. The Labute approximate surface area is 108 Å². The van der Waals surface area contributed by atoms with Crippen LogP contribution in [0.1, 0.15) is 25.1 Å². The summed E-state index contributed by atoms with van der Waals surface area (Å²) in [5.41, 5.74) is 0. The highest BCUT2D eigenvalue weighted by Gasteiger charge is 2.15. The molecule has 0 aromatic carbocycles. The summed E-state index contributed by atoms with van der Waals surface area (Å²) in [5.74, 6) is 0.849. The number of hydrogen-bond donors (Lipinski definition) is 2. The van der Waals surface area contributed by atoms with Crippen molar-refractivity contribution in [1.82, 2.24) is 15.5 Å². The van der Waals surface area contributed by atoms with Gasteiger partial charge in [-0.05, 0) is 38.6 Å². The maximum atomic E-state index is 11.9. The standard InChI is InChI=1S/C13H21N3O2/c1-11(12-4-2-9-18-12)15-13(17)10-16-7-3-5-14-6-8-16/h2,4,9,11,14H,3,5-8,10H2,1H3,(H,15,17). The first-order chi connectivity index (χ1) is 8.75. The fourth-order valence-corrected chi connectivity index (χ4v) is 2.16. The SMILES string of the molecule is CC(NC(=O)CN1CCCNCC1)c1ccco1. The van der Waals surface area contributed by atoms with E-state index in [1.807, 2.05) is 19.1 Å². The summed E-state index contributed by atoms with van der Waals surface area (Å²) in [6.45, 7) is 6.31. The number of nitrogens with zero attached hydrogens (tertiary/aromatic N) is 1. The molecule has 2 heterocycles. The Kier molecular flexibility index (Phi) is 4.78. The van der Waals surface area contributed by atoms with Crippen molar-refractivity contribution < 1.29 is 9.21 Å². The molecular weight excluding hydrogens is 230 g/mol. The second-order valence-electron chi connectivity index (χ2n) is 4.68. The summed E-state index contributed by atoms with van der Waals surface area (Å²) < 4.78 is 5.27. The van der Waals surface area contributed by atoms with Crippen molar-refractivity contribution in [3.05, 3.63) is 24.2 Å². The van der Waals surface area contributed by atoms with Crippen molar-refractivity contribution in [2.24, 2.45) is 0 Å². The zero-order valence-corrected chi connectivity index (χ0v) is 10.8. The normalized spacial score (nSPS) is 19.2. The summed E-state index contributed by atoms with van der Waals surface area (Å²) >= 11 is 0. The molecule has 100 valence electrons. The molecule has 0 aliphatic carbocycles. The third-order valence-electron chi connectivity index (χ3n) is 3.15. The number of rotatable bonds is 4. The minimum atomic E-state index is -0.0717. The lowest BCUT2D eigenvalue weighted by molar-refractivity contribution is -0.123. The second-order valence-corrected chi connectivity index (χ2v) is 4.68. The van der Waals surface area contributed by atoms with Gasteiger partial charge in [-0.3, -0.25) is 9.69 Å². The van der Waals surface area contributed by atoms with Crippen molar-refractivity contribution in [3.63, 3.8) is 0 Å². The van der Waals surface area contributed by atoms with E-state index < -0.39 is 0 Å². The Hall–Kier alpha value is -1.33. The quantitative estimate of drug-likeness (QED) is 0.829. The lowest BCUT2D eigenvalue weighted by Gasteiger charge is -2.20. The maximum Gasteiger partial charge on any atom is 0.234 e. The summed E-state index contributed by atoms with van der Waals surface area (Å²) in [6.07, 6.45) is 2.72. The van der Waals surface area contributed by atoms with Crippen molar-refractivity contribution >= 4 is 5.91 Å². The molecule has 0 bridgehead atoms. The van der Waals surface area contributed by atoms with Crippen molar-refractivity contribution in [2.75, 3.05) is 32.7 Å². The largest absolute Gasteiger partial charge is 0.467 e. The van der Waals surface area contributed by atoms with E-state index >= 15 is 0 Å². The second kappa shape index (κ2) is 6.56.